The van der Waals surface area contributed by atoms with Crippen LogP contribution in [0, 0.1) is 6.92 Å². The van der Waals surface area contributed by atoms with Crippen molar-refractivity contribution < 1.29 is 14.3 Å². The van der Waals surface area contributed by atoms with Gasteiger partial charge in [-0.1, -0.05) is 18.2 Å². The van der Waals surface area contributed by atoms with Crippen molar-refractivity contribution in [2.75, 3.05) is 18.5 Å². The Labute approximate surface area is 127 Å². The zero-order valence-electron chi connectivity index (χ0n) is 11.9. The van der Waals surface area contributed by atoms with Gasteiger partial charge in [-0.2, -0.15) is 4.37 Å². The zero-order chi connectivity index (χ0) is 14.8. The van der Waals surface area contributed by atoms with Crippen LogP contribution in [0.3, 0.4) is 0 Å². The van der Waals surface area contributed by atoms with Crippen LogP contribution in [0.15, 0.2) is 24.3 Å². The lowest BCUT2D eigenvalue weighted by Gasteiger charge is -2.12. The molecule has 0 saturated carbocycles. The third-order valence-electron chi connectivity index (χ3n) is 3.35. The Morgan fingerprint density at radius 1 is 1.52 bits per heavy atom. The molecular formula is C15H16N2O3S. The quantitative estimate of drug-likeness (QED) is 0.879. The predicted octanol–water partition coefficient (Wildman–Crippen LogP) is 3.17. The van der Waals surface area contributed by atoms with Gasteiger partial charge in [-0.15, -0.1) is 0 Å². The molecule has 1 aromatic carbocycles. The molecule has 1 unspecified atom stereocenters. The summed E-state index contributed by atoms with van der Waals surface area (Å²) in [5.41, 5.74) is 2.30. The molecule has 0 amide bonds. The number of aromatic nitrogens is 1. The molecule has 2 heterocycles. The third kappa shape index (κ3) is 2.58. The second-order valence-electron chi connectivity index (χ2n) is 4.74. The Kier molecular flexibility index (Phi) is 3.79. The minimum atomic E-state index is -0.335. The molecule has 0 radical (unpaired) electrons. The first-order chi connectivity index (χ1) is 10.2. The van der Waals surface area contributed by atoms with Gasteiger partial charge in [-0.3, -0.25) is 0 Å². The minimum absolute atomic E-state index is 0.0224. The highest BCUT2D eigenvalue weighted by Crippen LogP contribution is 2.36. The van der Waals surface area contributed by atoms with Crippen molar-refractivity contribution >= 4 is 22.5 Å². The number of rotatable bonds is 4. The number of carbonyl (C=O) groups is 1. The van der Waals surface area contributed by atoms with Crippen LogP contribution < -0.4 is 10.1 Å². The van der Waals surface area contributed by atoms with Crippen LogP contribution in [-0.2, 0) is 4.74 Å². The largest absolute Gasteiger partial charge is 0.491 e. The van der Waals surface area contributed by atoms with E-state index in [1.54, 1.807) is 6.92 Å². The minimum Gasteiger partial charge on any atom is -0.491 e. The van der Waals surface area contributed by atoms with Crippen LogP contribution in [0.4, 0.5) is 5.00 Å². The number of aryl methyl sites for hydroxylation is 1. The number of benzene rings is 1. The van der Waals surface area contributed by atoms with E-state index in [9.17, 15) is 4.79 Å². The summed E-state index contributed by atoms with van der Waals surface area (Å²) in [4.78, 5) is 12.0. The third-order valence-corrected chi connectivity index (χ3v) is 4.22. The first-order valence-corrected chi connectivity index (χ1v) is 7.59. The van der Waals surface area contributed by atoms with E-state index in [2.05, 4.69) is 9.69 Å². The fraction of sp³-hybridized carbons (Fsp3) is 0.333. The summed E-state index contributed by atoms with van der Waals surface area (Å²) in [6, 6.07) is 7.92. The molecule has 6 heteroatoms. The first-order valence-electron chi connectivity index (χ1n) is 6.82. The van der Waals surface area contributed by atoms with E-state index in [1.165, 1.54) is 11.5 Å². The number of esters is 1. The average molecular weight is 304 g/mol. The van der Waals surface area contributed by atoms with Crippen LogP contribution in [0.5, 0.6) is 5.75 Å². The van der Waals surface area contributed by atoms with Crippen molar-refractivity contribution in [3.05, 3.63) is 41.1 Å². The molecule has 1 aliphatic rings. The molecule has 1 N–H and O–H groups in total. The molecule has 21 heavy (non-hydrogen) atoms. The number of ether oxygens (including phenoxy) is 2. The molecular weight excluding hydrogens is 288 g/mol. The average Bonchev–Trinajstić information content (AvgIpc) is 3.04. The molecule has 2 aromatic rings. The molecule has 1 atom stereocenters. The van der Waals surface area contributed by atoms with E-state index >= 15 is 0 Å². The standard InChI is InChI=1S/C15H16N2O3S/c1-3-19-15(18)13-9(2)17-21-14(13)16-11-8-20-12-7-5-4-6-10(11)12/h4-7,11,16H,3,8H2,1-2H3. The number of hydrogen-bond donors (Lipinski definition) is 1. The normalized spacial score (nSPS) is 16.2. The Balaban J connectivity index is 1.85. The molecule has 0 spiro atoms. The van der Waals surface area contributed by atoms with Crippen LogP contribution in [-0.4, -0.2) is 23.6 Å². The Bertz CT molecular complexity index is 669. The van der Waals surface area contributed by atoms with E-state index < -0.39 is 0 Å². The summed E-state index contributed by atoms with van der Waals surface area (Å²) >= 11 is 1.27. The topological polar surface area (TPSA) is 60.5 Å². The van der Waals surface area contributed by atoms with Crippen molar-refractivity contribution in [1.82, 2.24) is 4.37 Å². The highest BCUT2D eigenvalue weighted by molar-refractivity contribution is 7.10. The van der Waals surface area contributed by atoms with Crippen molar-refractivity contribution in [1.29, 1.82) is 0 Å². The smallest absolute Gasteiger partial charge is 0.343 e. The number of anilines is 1. The number of carbonyl (C=O) groups excluding carboxylic acids is 1. The van der Waals surface area contributed by atoms with Crippen molar-refractivity contribution in [3.63, 3.8) is 0 Å². The molecule has 0 aliphatic carbocycles. The molecule has 5 nitrogen and oxygen atoms in total. The van der Waals surface area contributed by atoms with E-state index in [1.807, 2.05) is 31.2 Å². The van der Waals surface area contributed by atoms with Crippen LogP contribution >= 0.6 is 11.5 Å². The Morgan fingerprint density at radius 2 is 2.33 bits per heavy atom. The van der Waals surface area contributed by atoms with Crippen molar-refractivity contribution in [3.8, 4) is 5.75 Å². The lowest BCUT2D eigenvalue weighted by molar-refractivity contribution is 0.0527. The predicted molar refractivity (Wildman–Crippen MR) is 81.1 cm³/mol. The van der Waals surface area contributed by atoms with Gasteiger partial charge in [0.05, 0.1) is 18.3 Å². The van der Waals surface area contributed by atoms with E-state index in [0.29, 0.717) is 24.5 Å². The van der Waals surface area contributed by atoms with Gasteiger partial charge in [0.15, 0.2) is 0 Å². The summed E-state index contributed by atoms with van der Waals surface area (Å²) in [5, 5.41) is 4.09. The van der Waals surface area contributed by atoms with Gasteiger partial charge in [0.25, 0.3) is 0 Å². The molecule has 110 valence electrons. The van der Waals surface area contributed by atoms with E-state index in [-0.39, 0.29) is 12.0 Å². The molecule has 1 aromatic heterocycles. The highest BCUT2D eigenvalue weighted by Gasteiger charge is 2.27. The number of para-hydroxylation sites is 1. The number of fused-ring (bicyclic) bond motifs is 1. The highest BCUT2D eigenvalue weighted by atomic mass is 32.1. The van der Waals surface area contributed by atoms with E-state index in [4.69, 9.17) is 9.47 Å². The molecule has 0 fully saturated rings. The second kappa shape index (κ2) is 5.73. The number of hydrogen-bond acceptors (Lipinski definition) is 6. The zero-order valence-corrected chi connectivity index (χ0v) is 12.7. The van der Waals surface area contributed by atoms with Gasteiger partial charge >= 0.3 is 5.97 Å². The molecule has 0 saturated heterocycles. The van der Waals surface area contributed by atoms with Gasteiger partial charge < -0.3 is 14.8 Å². The SMILES string of the molecule is CCOC(=O)c1c(C)nsc1NC1COc2ccccc21. The molecule has 1 aliphatic heterocycles. The lowest BCUT2D eigenvalue weighted by atomic mass is 10.1. The summed E-state index contributed by atoms with van der Waals surface area (Å²) < 4.78 is 15.0. The van der Waals surface area contributed by atoms with Crippen LogP contribution in [0.1, 0.15) is 34.6 Å². The fourth-order valence-electron chi connectivity index (χ4n) is 2.35. The van der Waals surface area contributed by atoms with E-state index in [0.717, 1.165) is 16.3 Å². The van der Waals surface area contributed by atoms with Gasteiger partial charge in [-0.05, 0) is 31.4 Å². The Hall–Kier alpha value is -2.08. The summed E-state index contributed by atoms with van der Waals surface area (Å²) in [5.74, 6) is 0.548. The van der Waals surface area contributed by atoms with Crippen molar-refractivity contribution in [2.45, 2.75) is 19.9 Å². The van der Waals surface area contributed by atoms with Crippen LogP contribution in [0.25, 0.3) is 0 Å². The monoisotopic (exact) mass is 304 g/mol. The molecule has 0 bridgehead atoms. The summed E-state index contributed by atoms with van der Waals surface area (Å²) in [7, 11) is 0. The first kappa shape index (κ1) is 13.9. The summed E-state index contributed by atoms with van der Waals surface area (Å²) in [6.07, 6.45) is 0. The van der Waals surface area contributed by atoms with Gasteiger partial charge in [0, 0.05) is 5.56 Å². The van der Waals surface area contributed by atoms with Gasteiger partial charge in [0.1, 0.15) is 22.9 Å². The van der Waals surface area contributed by atoms with Gasteiger partial charge in [-0.25, -0.2) is 4.79 Å². The lowest BCUT2D eigenvalue weighted by Crippen LogP contribution is -2.14. The number of nitrogens with zero attached hydrogens (tertiary/aromatic N) is 1. The maximum absolute atomic E-state index is 12.0. The fourth-order valence-corrected chi connectivity index (χ4v) is 3.19. The molecule has 3 rings (SSSR count). The van der Waals surface area contributed by atoms with Crippen LogP contribution in [0.2, 0.25) is 0 Å². The van der Waals surface area contributed by atoms with Crippen molar-refractivity contribution in [2.24, 2.45) is 0 Å². The number of nitrogens with one attached hydrogen (secondary N) is 1. The Morgan fingerprint density at radius 3 is 3.14 bits per heavy atom. The maximum atomic E-state index is 12.0. The summed E-state index contributed by atoms with van der Waals surface area (Å²) in [6.45, 7) is 4.50. The van der Waals surface area contributed by atoms with Gasteiger partial charge in [0.2, 0.25) is 0 Å². The maximum Gasteiger partial charge on any atom is 0.343 e. The second-order valence-corrected chi connectivity index (χ2v) is 5.51.